The lowest BCUT2D eigenvalue weighted by molar-refractivity contribution is 0.0778. The van der Waals surface area contributed by atoms with Gasteiger partial charge in [0.1, 0.15) is 11.3 Å². The van der Waals surface area contributed by atoms with Gasteiger partial charge in [-0.2, -0.15) is 0 Å². The minimum absolute atomic E-state index is 0.160. The summed E-state index contributed by atoms with van der Waals surface area (Å²) >= 11 is 0. The van der Waals surface area contributed by atoms with E-state index in [1.807, 2.05) is 20.8 Å². The molecule has 0 unspecified atom stereocenters. The summed E-state index contributed by atoms with van der Waals surface area (Å²) < 4.78 is 10.9. The van der Waals surface area contributed by atoms with Gasteiger partial charge < -0.3 is 14.4 Å². The van der Waals surface area contributed by atoms with Crippen molar-refractivity contribution >= 4 is 5.91 Å². The number of hydrogen-bond acceptors (Lipinski definition) is 5. The molecular formula is C18H23N3O3. The second-order valence-electron chi connectivity index (χ2n) is 5.50. The summed E-state index contributed by atoms with van der Waals surface area (Å²) in [5.41, 5.74) is 3.15. The number of aryl methyl sites for hydroxylation is 1. The molecule has 0 atom stereocenters. The largest absolute Gasteiger partial charge is 0.496 e. The molecule has 0 aliphatic carbocycles. The molecule has 128 valence electrons. The van der Waals surface area contributed by atoms with Gasteiger partial charge in [0.05, 0.1) is 26.0 Å². The summed E-state index contributed by atoms with van der Waals surface area (Å²) in [6, 6.07) is 3.44. The van der Waals surface area contributed by atoms with Crippen molar-refractivity contribution in [1.29, 1.82) is 0 Å². The summed E-state index contributed by atoms with van der Waals surface area (Å²) in [6.45, 7) is 6.58. The average Bonchev–Trinajstić information content (AvgIpc) is 2.58. The highest BCUT2D eigenvalue weighted by molar-refractivity contribution is 5.96. The molecule has 24 heavy (non-hydrogen) atoms. The van der Waals surface area contributed by atoms with Crippen molar-refractivity contribution in [3.05, 3.63) is 46.9 Å². The van der Waals surface area contributed by atoms with E-state index in [1.165, 1.54) is 0 Å². The number of ether oxygens (including phenoxy) is 2. The molecule has 0 aliphatic heterocycles. The fraction of sp³-hybridized carbons (Fsp3) is 0.389. The lowest BCUT2D eigenvalue weighted by Gasteiger charge is -2.20. The van der Waals surface area contributed by atoms with Crippen LogP contribution in [0, 0.1) is 13.8 Å². The van der Waals surface area contributed by atoms with Crippen molar-refractivity contribution < 1.29 is 14.3 Å². The molecule has 0 aromatic carbocycles. The predicted molar refractivity (Wildman–Crippen MR) is 91.5 cm³/mol. The highest BCUT2D eigenvalue weighted by Crippen LogP contribution is 2.25. The Hall–Kier alpha value is -2.63. The van der Waals surface area contributed by atoms with Gasteiger partial charge in [-0.05, 0) is 32.9 Å². The van der Waals surface area contributed by atoms with Crippen molar-refractivity contribution in [3.63, 3.8) is 0 Å². The summed E-state index contributed by atoms with van der Waals surface area (Å²) in [5, 5.41) is 0. The van der Waals surface area contributed by atoms with Gasteiger partial charge in [-0.1, -0.05) is 0 Å². The molecule has 6 heteroatoms. The number of methoxy groups -OCH3 is 1. The molecule has 2 rings (SSSR count). The zero-order valence-corrected chi connectivity index (χ0v) is 14.8. The maximum atomic E-state index is 12.7. The number of rotatable bonds is 6. The molecule has 0 saturated heterocycles. The molecule has 0 saturated carbocycles. The molecule has 1 amide bonds. The molecule has 2 aromatic heterocycles. The number of nitrogens with zero attached hydrogens (tertiary/aromatic N) is 3. The Bertz CT molecular complexity index is 731. The first-order valence-electron chi connectivity index (χ1n) is 7.81. The van der Waals surface area contributed by atoms with E-state index in [2.05, 4.69) is 9.97 Å². The van der Waals surface area contributed by atoms with Crippen LogP contribution in [0.25, 0.3) is 0 Å². The van der Waals surface area contributed by atoms with Crippen LogP contribution < -0.4 is 9.47 Å². The third kappa shape index (κ3) is 3.64. The predicted octanol–water partition coefficient (Wildman–Crippen LogP) is 2.77. The quantitative estimate of drug-likeness (QED) is 0.815. The fourth-order valence-electron chi connectivity index (χ4n) is 2.54. The maximum Gasteiger partial charge on any atom is 0.259 e. The lowest BCUT2D eigenvalue weighted by atomic mass is 10.1. The van der Waals surface area contributed by atoms with E-state index < -0.39 is 0 Å². The van der Waals surface area contributed by atoms with Crippen LogP contribution in [-0.4, -0.2) is 41.5 Å². The SMILES string of the molecule is CCOc1ncccc1C(=O)N(C)Cc1ncc(C)c(OC)c1C. The average molecular weight is 329 g/mol. The Morgan fingerprint density at radius 1 is 1.29 bits per heavy atom. The molecule has 0 fully saturated rings. The zero-order valence-electron chi connectivity index (χ0n) is 14.8. The van der Waals surface area contributed by atoms with Gasteiger partial charge in [0, 0.05) is 30.6 Å². The normalized spacial score (nSPS) is 10.4. The maximum absolute atomic E-state index is 12.7. The van der Waals surface area contributed by atoms with Crippen LogP contribution in [0.15, 0.2) is 24.5 Å². The second kappa shape index (κ2) is 7.77. The van der Waals surface area contributed by atoms with E-state index >= 15 is 0 Å². The number of aromatic nitrogens is 2. The van der Waals surface area contributed by atoms with E-state index in [9.17, 15) is 4.79 Å². The van der Waals surface area contributed by atoms with Gasteiger partial charge in [0.2, 0.25) is 5.88 Å². The van der Waals surface area contributed by atoms with Gasteiger partial charge in [0.15, 0.2) is 0 Å². The first-order chi connectivity index (χ1) is 11.5. The van der Waals surface area contributed by atoms with Crippen molar-refractivity contribution in [1.82, 2.24) is 14.9 Å². The molecule has 2 heterocycles. The number of carbonyl (C=O) groups is 1. The van der Waals surface area contributed by atoms with Crippen molar-refractivity contribution in [2.45, 2.75) is 27.3 Å². The van der Waals surface area contributed by atoms with Gasteiger partial charge in [-0.25, -0.2) is 4.98 Å². The molecule has 6 nitrogen and oxygen atoms in total. The highest BCUT2D eigenvalue weighted by atomic mass is 16.5. The molecule has 2 aromatic rings. The van der Waals surface area contributed by atoms with Crippen LogP contribution in [0.2, 0.25) is 0 Å². The Kier molecular flexibility index (Phi) is 5.73. The Morgan fingerprint density at radius 3 is 2.71 bits per heavy atom. The van der Waals surface area contributed by atoms with Gasteiger partial charge in [0.25, 0.3) is 5.91 Å². The third-order valence-corrected chi connectivity index (χ3v) is 3.77. The van der Waals surface area contributed by atoms with Crippen molar-refractivity contribution in [2.24, 2.45) is 0 Å². The van der Waals surface area contributed by atoms with E-state index in [0.29, 0.717) is 24.6 Å². The number of pyridine rings is 2. The van der Waals surface area contributed by atoms with Crippen LogP contribution in [0.5, 0.6) is 11.6 Å². The Balaban J connectivity index is 2.24. The molecule has 0 spiro atoms. The van der Waals surface area contributed by atoms with Crippen LogP contribution in [-0.2, 0) is 6.54 Å². The minimum Gasteiger partial charge on any atom is -0.496 e. The summed E-state index contributed by atoms with van der Waals surface area (Å²) in [5.74, 6) is 0.993. The van der Waals surface area contributed by atoms with Crippen LogP contribution in [0.1, 0.15) is 34.1 Å². The van der Waals surface area contributed by atoms with E-state index in [-0.39, 0.29) is 5.91 Å². The fourth-order valence-corrected chi connectivity index (χ4v) is 2.54. The molecule has 0 bridgehead atoms. The van der Waals surface area contributed by atoms with Crippen LogP contribution in [0.3, 0.4) is 0 Å². The Morgan fingerprint density at radius 2 is 2.04 bits per heavy atom. The van der Waals surface area contributed by atoms with Crippen molar-refractivity contribution in [3.8, 4) is 11.6 Å². The first kappa shape index (κ1) is 17.7. The van der Waals surface area contributed by atoms with Crippen LogP contribution in [0.4, 0.5) is 0 Å². The van der Waals surface area contributed by atoms with Gasteiger partial charge in [-0.3, -0.25) is 9.78 Å². The van der Waals surface area contributed by atoms with Gasteiger partial charge >= 0.3 is 0 Å². The monoisotopic (exact) mass is 329 g/mol. The topological polar surface area (TPSA) is 64.5 Å². The van der Waals surface area contributed by atoms with E-state index in [0.717, 1.165) is 22.6 Å². The highest BCUT2D eigenvalue weighted by Gasteiger charge is 2.19. The lowest BCUT2D eigenvalue weighted by Crippen LogP contribution is -2.27. The number of carbonyl (C=O) groups excluding carboxylic acids is 1. The minimum atomic E-state index is -0.160. The smallest absolute Gasteiger partial charge is 0.259 e. The van der Waals surface area contributed by atoms with Crippen molar-refractivity contribution in [2.75, 3.05) is 20.8 Å². The number of hydrogen-bond donors (Lipinski definition) is 0. The molecular weight excluding hydrogens is 306 g/mol. The molecule has 0 N–H and O–H groups in total. The standard InChI is InChI=1S/C18H23N3O3/c1-6-24-17-14(8-7-9-19-17)18(22)21(4)11-15-13(3)16(23-5)12(2)10-20-15/h7-10H,6,11H2,1-5H3. The summed E-state index contributed by atoms with van der Waals surface area (Å²) in [4.78, 5) is 22.9. The van der Waals surface area contributed by atoms with E-state index in [1.54, 1.807) is 43.6 Å². The zero-order chi connectivity index (χ0) is 17.7. The van der Waals surface area contributed by atoms with Gasteiger partial charge in [-0.15, -0.1) is 0 Å². The van der Waals surface area contributed by atoms with E-state index in [4.69, 9.17) is 9.47 Å². The Labute approximate surface area is 142 Å². The summed E-state index contributed by atoms with van der Waals surface area (Å²) in [6.07, 6.45) is 3.37. The summed E-state index contributed by atoms with van der Waals surface area (Å²) in [7, 11) is 3.37. The molecule has 0 radical (unpaired) electrons. The number of amides is 1. The third-order valence-electron chi connectivity index (χ3n) is 3.77. The first-order valence-corrected chi connectivity index (χ1v) is 7.81. The molecule has 0 aliphatic rings. The van der Waals surface area contributed by atoms with Crippen LogP contribution >= 0.6 is 0 Å². The second-order valence-corrected chi connectivity index (χ2v) is 5.50.